The topological polar surface area (TPSA) is 12.0 Å². The molecule has 0 aliphatic heterocycles. The molecule has 112 valence electrons. The van der Waals surface area contributed by atoms with E-state index >= 15 is 0 Å². The number of hydrogen-bond acceptors (Lipinski definition) is 1. The van der Waals surface area contributed by atoms with Crippen LogP contribution in [0.15, 0.2) is 54.6 Å². The normalized spacial score (nSPS) is 12.3. The van der Waals surface area contributed by atoms with Crippen LogP contribution in [0.2, 0.25) is 0 Å². The fraction of sp³-hybridized carbons (Fsp3) is 0.368. The van der Waals surface area contributed by atoms with E-state index in [1.807, 2.05) is 12.1 Å². The van der Waals surface area contributed by atoms with Crippen molar-refractivity contribution >= 4 is 0 Å². The highest BCUT2D eigenvalue weighted by molar-refractivity contribution is 5.19. The summed E-state index contributed by atoms with van der Waals surface area (Å²) in [6.45, 7) is 3.21. The molecule has 0 radical (unpaired) electrons. The lowest BCUT2D eigenvalue weighted by Crippen LogP contribution is -2.22. The minimum absolute atomic E-state index is 0.142. The third-order valence-corrected chi connectivity index (χ3v) is 3.69. The number of halogens is 1. The van der Waals surface area contributed by atoms with Gasteiger partial charge in [0.05, 0.1) is 0 Å². The first kappa shape index (κ1) is 15.7. The van der Waals surface area contributed by atoms with Gasteiger partial charge in [-0.3, -0.25) is 0 Å². The highest BCUT2D eigenvalue weighted by atomic mass is 19.1. The monoisotopic (exact) mass is 285 g/mol. The van der Waals surface area contributed by atoms with E-state index in [2.05, 4.69) is 36.5 Å². The molecule has 21 heavy (non-hydrogen) atoms. The maximum Gasteiger partial charge on any atom is 0.123 e. The van der Waals surface area contributed by atoms with Crippen LogP contribution in [0.1, 0.15) is 43.4 Å². The lowest BCUT2D eigenvalue weighted by molar-refractivity contribution is 0.484. The molecule has 0 spiro atoms. The molecule has 0 heterocycles. The molecule has 2 heteroatoms. The number of nitrogens with one attached hydrogen (secondary N) is 1. The average Bonchev–Trinajstić information content (AvgIpc) is 2.51. The van der Waals surface area contributed by atoms with Gasteiger partial charge in [0.1, 0.15) is 5.82 Å². The Morgan fingerprint density at radius 1 is 1.05 bits per heavy atom. The molecule has 1 atom stereocenters. The second kappa shape index (κ2) is 8.58. The largest absolute Gasteiger partial charge is 0.310 e. The second-order valence-corrected chi connectivity index (χ2v) is 5.44. The van der Waals surface area contributed by atoms with E-state index in [9.17, 15) is 4.39 Å². The van der Waals surface area contributed by atoms with Gasteiger partial charge in [0.2, 0.25) is 0 Å². The Morgan fingerprint density at radius 2 is 1.86 bits per heavy atom. The summed E-state index contributed by atoms with van der Waals surface area (Å²) in [7, 11) is 0. The number of aryl methyl sites for hydroxylation is 1. The van der Waals surface area contributed by atoms with E-state index in [0.717, 1.165) is 37.8 Å². The van der Waals surface area contributed by atoms with Crippen LogP contribution < -0.4 is 5.32 Å². The standard InChI is InChI=1S/C19H24FN/c1-2-14-21-19(17-10-4-3-5-11-17)13-7-9-16-8-6-12-18(20)15-16/h3-6,8,10-12,15,19,21H,2,7,9,13-14H2,1H3. The maximum atomic E-state index is 13.2. The van der Waals surface area contributed by atoms with Crippen molar-refractivity contribution in [2.45, 2.75) is 38.6 Å². The third kappa shape index (κ3) is 5.31. The molecule has 0 saturated heterocycles. The molecule has 0 aliphatic carbocycles. The minimum Gasteiger partial charge on any atom is -0.310 e. The van der Waals surface area contributed by atoms with Crippen molar-refractivity contribution < 1.29 is 4.39 Å². The van der Waals surface area contributed by atoms with Crippen LogP contribution in [-0.4, -0.2) is 6.54 Å². The highest BCUT2D eigenvalue weighted by Crippen LogP contribution is 2.20. The van der Waals surface area contributed by atoms with Gasteiger partial charge in [0.25, 0.3) is 0 Å². The van der Waals surface area contributed by atoms with Crippen LogP contribution in [0.4, 0.5) is 4.39 Å². The van der Waals surface area contributed by atoms with E-state index in [4.69, 9.17) is 0 Å². The van der Waals surface area contributed by atoms with Gasteiger partial charge in [0, 0.05) is 6.04 Å². The molecule has 1 nitrogen and oxygen atoms in total. The van der Waals surface area contributed by atoms with Gasteiger partial charge in [-0.05, 0) is 55.5 Å². The summed E-state index contributed by atoms with van der Waals surface area (Å²) in [4.78, 5) is 0. The molecular formula is C19H24FN. The maximum absolute atomic E-state index is 13.2. The number of rotatable bonds is 8. The first-order chi connectivity index (χ1) is 10.3. The second-order valence-electron chi connectivity index (χ2n) is 5.44. The summed E-state index contributed by atoms with van der Waals surface area (Å²) in [6, 6.07) is 17.9. The van der Waals surface area contributed by atoms with Crippen molar-refractivity contribution in [3.63, 3.8) is 0 Å². The SMILES string of the molecule is CCCNC(CCCc1cccc(F)c1)c1ccccc1. The zero-order valence-electron chi connectivity index (χ0n) is 12.7. The summed E-state index contributed by atoms with van der Waals surface area (Å²) in [5.74, 6) is -0.142. The lowest BCUT2D eigenvalue weighted by atomic mass is 9.99. The average molecular weight is 285 g/mol. The Labute approximate surface area is 127 Å². The van der Waals surface area contributed by atoms with Gasteiger partial charge in [0.15, 0.2) is 0 Å². The van der Waals surface area contributed by atoms with Gasteiger partial charge in [-0.1, -0.05) is 49.4 Å². The van der Waals surface area contributed by atoms with Crippen LogP contribution in [0.5, 0.6) is 0 Å². The van der Waals surface area contributed by atoms with Crippen molar-refractivity contribution in [1.82, 2.24) is 5.32 Å². The summed E-state index contributed by atoms with van der Waals surface area (Å²) < 4.78 is 13.2. The first-order valence-electron chi connectivity index (χ1n) is 7.82. The third-order valence-electron chi connectivity index (χ3n) is 3.69. The van der Waals surface area contributed by atoms with E-state index in [1.54, 1.807) is 12.1 Å². The Bertz CT molecular complexity index is 524. The van der Waals surface area contributed by atoms with Crippen LogP contribution >= 0.6 is 0 Å². The summed E-state index contributed by atoms with van der Waals surface area (Å²) in [5, 5.41) is 3.61. The summed E-state index contributed by atoms with van der Waals surface area (Å²) >= 11 is 0. The zero-order valence-corrected chi connectivity index (χ0v) is 12.7. The van der Waals surface area contributed by atoms with E-state index in [0.29, 0.717) is 6.04 Å². The van der Waals surface area contributed by atoms with Crippen LogP contribution in [0.3, 0.4) is 0 Å². The molecule has 1 unspecified atom stereocenters. The molecule has 0 aliphatic rings. The summed E-state index contributed by atoms with van der Waals surface area (Å²) in [6.07, 6.45) is 4.18. The Hall–Kier alpha value is -1.67. The fourth-order valence-electron chi connectivity index (χ4n) is 2.59. The molecule has 1 N–H and O–H groups in total. The zero-order chi connectivity index (χ0) is 14.9. The molecular weight excluding hydrogens is 261 g/mol. The van der Waals surface area contributed by atoms with E-state index in [1.165, 1.54) is 11.6 Å². The molecule has 0 aromatic heterocycles. The molecule has 0 bridgehead atoms. The first-order valence-corrected chi connectivity index (χ1v) is 7.82. The molecule has 0 amide bonds. The van der Waals surface area contributed by atoms with Crippen molar-refractivity contribution in [2.75, 3.05) is 6.54 Å². The molecule has 2 aromatic rings. The van der Waals surface area contributed by atoms with Gasteiger partial charge in [-0.25, -0.2) is 4.39 Å². The van der Waals surface area contributed by atoms with E-state index in [-0.39, 0.29) is 5.82 Å². The highest BCUT2D eigenvalue weighted by Gasteiger charge is 2.09. The number of benzene rings is 2. The molecule has 2 aromatic carbocycles. The Kier molecular flexibility index (Phi) is 6.42. The predicted molar refractivity (Wildman–Crippen MR) is 86.8 cm³/mol. The quantitative estimate of drug-likeness (QED) is 0.728. The van der Waals surface area contributed by atoms with Crippen molar-refractivity contribution in [1.29, 1.82) is 0 Å². The minimum atomic E-state index is -0.142. The number of hydrogen-bond donors (Lipinski definition) is 1. The van der Waals surface area contributed by atoms with Crippen molar-refractivity contribution in [2.24, 2.45) is 0 Å². The Balaban J connectivity index is 1.90. The fourth-order valence-corrected chi connectivity index (χ4v) is 2.59. The van der Waals surface area contributed by atoms with Gasteiger partial charge < -0.3 is 5.32 Å². The molecule has 0 saturated carbocycles. The molecule has 2 rings (SSSR count). The van der Waals surface area contributed by atoms with Crippen LogP contribution in [0.25, 0.3) is 0 Å². The van der Waals surface area contributed by atoms with Crippen molar-refractivity contribution in [3.05, 3.63) is 71.5 Å². The smallest absolute Gasteiger partial charge is 0.123 e. The predicted octanol–water partition coefficient (Wildman–Crippen LogP) is 4.89. The lowest BCUT2D eigenvalue weighted by Gasteiger charge is -2.19. The van der Waals surface area contributed by atoms with Gasteiger partial charge >= 0.3 is 0 Å². The van der Waals surface area contributed by atoms with Gasteiger partial charge in [-0.15, -0.1) is 0 Å². The Morgan fingerprint density at radius 3 is 2.57 bits per heavy atom. The van der Waals surface area contributed by atoms with Crippen LogP contribution in [0, 0.1) is 5.82 Å². The van der Waals surface area contributed by atoms with Gasteiger partial charge in [-0.2, -0.15) is 0 Å². The summed E-state index contributed by atoms with van der Waals surface area (Å²) in [5.41, 5.74) is 2.42. The van der Waals surface area contributed by atoms with E-state index < -0.39 is 0 Å². The molecule has 0 fully saturated rings. The van der Waals surface area contributed by atoms with Crippen molar-refractivity contribution in [3.8, 4) is 0 Å². The van der Waals surface area contributed by atoms with Crippen LogP contribution in [-0.2, 0) is 6.42 Å².